The molecule has 0 aromatic carbocycles. The quantitative estimate of drug-likeness (QED) is 0.903. The van der Waals surface area contributed by atoms with E-state index in [0.717, 1.165) is 23.7 Å². The minimum atomic E-state index is 0.00715. The van der Waals surface area contributed by atoms with Crippen LogP contribution < -0.4 is 5.32 Å². The van der Waals surface area contributed by atoms with Crippen LogP contribution in [0.3, 0.4) is 0 Å². The summed E-state index contributed by atoms with van der Waals surface area (Å²) in [6.45, 7) is 0. The molecule has 0 aliphatic heterocycles. The van der Waals surface area contributed by atoms with Crippen LogP contribution in [-0.2, 0) is 0 Å². The zero-order valence-corrected chi connectivity index (χ0v) is 12.4. The highest BCUT2D eigenvalue weighted by molar-refractivity contribution is 9.10. The summed E-state index contributed by atoms with van der Waals surface area (Å²) in [6, 6.07) is 2.11. The van der Waals surface area contributed by atoms with Crippen LogP contribution in [0.1, 0.15) is 42.5 Å². The number of fused-ring (bicyclic) bond motifs is 5. The number of carbonyl (C=O) groups excluding carboxylic acids is 1. The summed E-state index contributed by atoms with van der Waals surface area (Å²) in [6.07, 6.45) is 8.29. The maximum absolute atomic E-state index is 12.2. The van der Waals surface area contributed by atoms with Gasteiger partial charge in [0.05, 0.1) is 11.8 Å². The van der Waals surface area contributed by atoms with Crippen LogP contribution in [0.4, 0.5) is 0 Å². The molecule has 3 saturated carbocycles. The van der Waals surface area contributed by atoms with Crippen molar-refractivity contribution in [3.63, 3.8) is 0 Å². The number of rotatable bonds is 2. The van der Waals surface area contributed by atoms with Crippen molar-refractivity contribution in [1.29, 1.82) is 0 Å². The predicted molar refractivity (Wildman–Crippen MR) is 74.7 cm³/mol. The molecule has 5 atom stereocenters. The van der Waals surface area contributed by atoms with Gasteiger partial charge in [0.15, 0.2) is 4.67 Å². The van der Waals surface area contributed by atoms with Gasteiger partial charge in [-0.3, -0.25) is 4.79 Å². The minimum absolute atomic E-state index is 0.00715. The third kappa shape index (κ3) is 1.79. The molecule has 0 spiro atoms. The van der Waals surface area contributed by atoms with E-state index < -0.39 is 0 Å². The van der Waals surface area contributed by atoms with E-state index >= 15 is 0 Å². The van der Waals surface area contributed by atoms with Crippen LogP contribution in [0.15, 0.2) is 21.4 Å². The highest BCUT2D eigenvalue weighted by atomic mass is 79.9. The van der Waals surface area contributed by atoms with E-state index in [-0.39, 0.29) is 5.91 Å². The van der Waals surface area contributed by atoms with Gasteiger partial charge in [-0.15, -0.1) is 0 Å². The second-order valence-corrected chi connectivity index (χ2v) is 7.06. The van der Waals surface area contributed by atoms with Crippen molar-refractivity contribution in [2.75, 3.05) is 0 Å². The largest absolute Gasteiger partial charge is 0.457 e. The Bertz CT molecular complexity index is 512. The second kappa shape index (κ2) is 4.37. The molecule has 3 nitrogen and oxygen atoms in total. The molecule has 0 saturated heterocycles. The van der Waals surface area contributed by atoms with E-state index in [1.807, 2.05) is 0 Å². The zero-order chi connectivity index (χ0) is 13.0. The molecule has 19 heavy (non-hydrogen) atoms. The Morgan fingerprint density at radius 1 is 1.26 bits per heavy atom. The molecule has 102 valence electrons. The molecular weight excluding hydrogens is 306 g/mol. The van der Waals surface area contributed by atoms with Gasteiger partial charge in [0, 0.05) is 6.04 Å². The van der Waals surface area contributed by atoms with E-state index in [9.17, 15) is 4.79 Å². The van der Waals surface area contributed by atoms with Crippen molar-refractivity contribution in [2.45, 2.75) is 38.1 Å². The van der Waals surface area contributed by atoms with Gasteiger partial charge in [-0.25, -0.2) is 0 Å². The van der Waals surface area contributed by atoms with Gasteiger partial charge in [0.1, 0.15) is 0 Å². The summed E-state index contributed by atoms with van der Waals surface area (Å²) >= 11 is 3.27. The third-order valence-corrected chi connectivity index (χ3v) is 6.22. The third-order valence-electron chi connectivity index (χ3n) is 5.61. The molecule has 5 unspecified atom stereocenters. The lowest BCUT2D eigenvalue weighted by Crippen LogP contribution is -2.42. The topological polar surface area (TPSA) is 42.2 Å². The lowest BCUT2D eigenvalue weighted by molar-refractivity contribution is 0.0899. The number of hydrogen-bond donors (Lipinski definition) is 1. The summed E-state index contributed by atoms with van der Waals surface area (Å²) in [5.41, 5.74) is 0.616. The van der Waals surface area contributed by atoms with Crippen LogP contribution in [-0.4, -0.2) is 11.9 Å². The average molecular weight is 324 g/mol. The van der Waals surface area contributed by atoms with E-state index in [1.54, 1.807) is 12.3 Å². The SMILES string of the molecule is O=C(NC1CC2CC1C1CCCC21)c1ccoc1Br. The van der Waals surface area contributed by atoms with Crippen molar-refractivity contribution in [2.24, 2.45) is 23.7 Å². The molecule has 1 aromatic heterocycles. The normalized spacial score (nSPS) is 39.5. The average Bonchev–Trinajstić information content (AvgIpc) is 3.07. The van der Waals surface area contributed by atoms with Gasteiger partial charge in [-0.1, -0.05) is 6.42 Å². The van der Waals surface area contributed by atoms with Gasteiger partial charge in [0.2, 0.25) is 0 Å². The molecule has 1 N–H and O–H groups in total. The molecule has 4 heteroatoms. The Morgan fingerprint density at radius 3 is 2.89 bits per heavy atom. The first-order valence-corrected chi connectivity index (χ1v) is 8.07. The Morgan fingerprint density at radius 2 is 2.11 bits per heavy atom. The molecule has 3 fully saturated rings. The van der Waals surface area contributed by atoms with Crippen molar-refractivity contribution < 1.29 is 9.21 Å². The summed E-state index contributed by atoms with van der Waals surface area (Å²) in [5.74, 6) is 3.46. The Hall–Kier alpha value is -0.770. The van der Waals surface area contributed by atoms with E-state index in [2.05, 4.69) is 21.2 Å². The number of nitrogens with one attached hydrogen (secondary N) is 1. The van der Waals surface area contributed by atoms with E-state index in [1.165, 1.54) is 32.1 Å². The maximum Gasteiger partial charge on any atom is 0.255 e. The molecule has 1 aromatic rings. The minimum Gasteiger partial charge on any atom is -0.457 e. The van der Waals surface area contributed by atoms with Crippen molar-refractivity contribution in [3.8, 4) is 0 Å². The molecular formula is C15H18BrNO2. The Kier molecular flexibility index (Phi) is 2.76. The van der Waals surface area contributed by atoms with Crippen LogP contribution >= 0.6 is 15.9 Å². The summed E-state index contributed by atoms with van der Waals surface area (Å²) in [5, 5.41) is 3.24. The predicted octanol–water partition coefficient (Wildman–Crippen LogP) is 3.60. The molecule has 2 bridgehead atoms. The molecule has 1 heterocycles. The highest BCUT2D eigenvalue weighted by Crippen LogP contribution is 2.58. The lowest BCUT2D eigenvalue weighted by Gasteiger charge is -2.32. The first kappa shape index (κ1) is 12.0. The van der Waals surface area contributed by atoms with Crippen molar-refractivity contribution in [3.05, 3.63) is 22.6 Å². The zero-order valence-electron chi connectivity index (χ0n) is 10.8. The lowest BCUT2D eigenvalue weighted by atomic mass is 9.79. The standard InChI is InChI=1S/C15H18BrNO2/c16-14-11(4-5-19-14)15(18)17-13-7-8-6-12(13)10-3-1-2-9(8)10/h4-5,8-10,12-13H,1-3,6-7H2,(H,17,18). The Labute approximate surface area is 121 Å². The monoisotopic (exact) mass is 323 g/mol. The van der Waals surface area contributed by atoms with Crippen LogP contribution in [0.5, 0.6) is 0 Å². The van der Waals surface area contributed by atoms with Gasteiger partial charge < -0.3 is 9.73 Å². The van der Waals surface area contributed by atoms with Crippen LogP contribution in [0, 0.1) is 23.7 Å². The molecule has 3 aliphatic carbocycles. The summed E-state index contributed by atoms with van der Waals surface area (Å²) in [7, 11) is 0. The Balaban J connectivity index is 1.48. The van der Waals surface area contributed by atoms with Gasteiger partial charge in [0.25, 0.3) is 5.91 Å². The van der Waals surface area contributed by atoms with Crippen molar-refractivity contribution in [1.82, 2.24) is 5.32 Å². The smallest absolute Gasteiger partial charge is 0.255 e. The number of amides is 1. The maximum atomic E-state index is 12.2. The fourth-order valence-electron chi connectivity index (χ4n) is 4.94. The first-order chi connectivity index (χ1) is 9.24. The van der Waals surface area contributed by atoms with Crippen LogP contribution in [0.25, 0.3) is 0 Å². The van der Waals surface area contributed by atoms with Gasteiger partial charge in [-0.2, -0.15) is 0 Å². The summed E-state index contributed by atoms with van der Waals surface area (Å²) < 4.78 is 5.67. The van der Waals surface area contributed by atoms with Gasteiger partial charge in [-0.05, 0) is 71.4 Å². The number of carbonyl (C=O) groups is 1. The molecule has 0 radical (unpaired) electrons. The van der Waals surface area contributed by atoms with E-state index in [0.29, 0.717) is 16.3 Å². The molecule has 1 amide bonds. The first-order valence-electron chi connectivity index (χ1n) is 7.28. The number of furan rings is 1. The van der Waals surface area contributed by atoms with Gasteiger partial charge >= 0.3 is 0 Å². The van der Waals surface area contributed by atoms with Crippen LogP contribution in [0.2, 0.25) is 0 Å². The number of hydrogen-bond acceptors (Lipinski definition) is 2. The second-order valence-electron chi connectivity index (χ2n) is 6.34. The highest BCUT2D eigenvalue weighted by Gasteiger charge is 2.54. The fraction of sp³-hybridized carbons (Fsp3) is 0.667. The van der Waals surface area contributed by atoms with E-state index in [4.69, 9.17) is 4.42 Å². The number of halogens is 1. The summed E-state index contributed by atoms with van der Waals surface area (Å²) in [4.78, 5) is 12.2. The van der Waals surface area contributed by atoms with Crippen molar-refractivity contribution >= 4 is 21.8 Å². The molecule has 4 rings (SSSR count). The molecule has 3 aliphatic rings. The fourth-order valence-corrected chi connectivity index (χ4v) is 5.36.